The first-order valence-electron chi connectivity index (χ1n) is 12.8. The number of hydrogen-bond donors (Lipinski definition) is 5. The Morgan fingerprint density at radius 3 is 1.52 bits per heavy atom. The second-order valence-electron chi connectivity index (χ2n) is 9.37. The largest absolute Gasteiger partial charge is 0.480 e. The summed E-state index contributed by atoms with van der Waals surface area (Å²) in [5.74, 6) is -0.239. The number of rotatable bonds is 18. The average molecular weight is 628 g/mol. The van der Waals surface area contributed by atoms with Gasteiger partial charge in [-0.05, 0) is 48.6 Å². The van der Waals surface area contributed by atoms with Gasteiger partial charge in [-0.25, -0.2) is 0 Å². The van der Waals surface area contributed by atoms with Crippen LogP contribution in [0.25, 0.3) is 0 Å². The summed E-state index contributed by atoms with van der Waals surface area (Å²) in [7, 11) is 0. The molecule has 5 N–H and O–H groups in total. The summed E-state index contributed by atoms with van der Waals surface area (Å²) in [6.45, 7) is -3.13. The van der Waals surface area contributed by atoms with E-state index in [4.69, 9.17) is 10.2 Å². The Bertz CT molecular complexity index is 1450. The maximum absolute atomic E-state index is 11.6. The highest BCUT2D eigenvalue weighted by Crippen LogP contribution is 2.14. The maximum atomic E-state index is 11.6. The number of benzene rings is 1. The molecule has 2 aromatic rings. The zero-order valence-electron chi connectivity index (χ0n) is 23.2. The van der Waals surface area contributed by atoms with Gasteiger partial charge in [-0.15, -0.1) is 0 Å². The van der Waals surface area contributed by atoms with Crippen molar-refractivity contribution in [3.05, 3.63) is 58.9 Å². The highest BCUT2D eigenvalue weighted by Gasteiger charge is 2.19. The Balaban J connectivity index is 2.44. The fraction of sp³-hybridized carbons (Fsp3) is 0.321. The molecule has 0 aliphatic rings. The predicted molar refractivity (Wildman–Crippen MR) is 157 cm³/mol. The lowest BCUT2D eigenvalue weighted by atomic mass is 10.1. The van der Waals surface area contributed by atoms with Crippen molar-refractivity contribution in [3.63, 3.8) is 0 Å². The lowest BCUT2D eigenvalue weighted by Gasteiger charge is -2.25. The van der Waals surface area contributed by atoms with Crippen LogP contribution in [0, 0.1) is 11.8 Å². The summed E-state index contributed by atoms with van der Waals surface area (Å²) in [6.07, 6.45) is 0. The van der Waals surface area contributed by atoms with Crippen molar-refractivity contribution < 1.29 is 49.5 Å². The van der Waals surface area contributed by atoms with E-state index in [1.54, 1.807) is 36.4 Å². The molecule has 0 aliphatic carbocycles. The van der Waals surface area contributed by atoms with Gasteiger partial charge < -0.3 is 25.5 Å². The molecule has 2 rings (SSSR count). The molecule has 44 heavy (non-hydrogen) atoms. The first-order chi connectivity index (χ1) is 20.8. The number of aliphatic carboxylic acids is 5. The Hall–Kier alpha value is -5.04. The maximum Gasteiger partial charge on any atom is 0.317 e. The van der Waals surface area contributed by atoms with E-state index in [0.29, 0.717) is 22.5 Å². The minimum atomic E-state index is -1.25. The standard InChI is InChI=1S/C28H29N5O10S/c34-24(35)13-31(7-8-32(14-25(36)37)15-26(38)39)11-22-9-20(2-1-19-3-5-21(6-4-19)29-18-44)10-23(30-22)12-33(16-27(40)41)17-28(42)43/h3-6,9-10H,7-8,11-17H2,(H,34,35)(H,36,37)(H,38,39)(H,40,41)(H,42,43). The van der Waals surface area contributed by atoms with Crippen LogP contribution in [-0.2, 0) is 37.1 Å². The highest BCUT2D eigenvalue weighted by atomic mass is 32.1. The smallest absolute Gasteiger partial charge is 0.317 e. The Morgan fingerprint density at radius 1 is 0.636 bits per heavy atom. The van der Waals surface area contributed by atoms with Crippen LogP contribution in [0.15, 0.2) is 41.4 Å². The zero-order valence-corrected chi connectivity index (χ0v) is 24.1. The predicted octanol–water partition coefficient (Wildman–Crippen LogP) is 0.545. The van der Waals surface area contributed by atoms with Crippen LogP contribution < -0.4 is 0 Å². The summed E-state index contributed by atoms with van der Waals surface area (Å²) in [6, 6.07) is 9.92. The van der Waals surface area contributed by atoms with Crippen LogP contribution in [-0.4, -0.2) is 126 Å². The van der Waals surface area contributed by atoms with Crippen LogP contribution >= 0.6 is 12.2 Å². The number of carboxylic acid groups (broad SMARTS) is 5. The van der Waals surface area contributed by atoms with Crippen molar-refractivity contribution in [3.8, 4) is 11.8 Å². The van der Waals surface area contributed by atoms with Crippen LogP contribution in [0.1, 0.15) is 22.5 Å². The van der Waals surface area contributed by atoms with Crippen molar-refractivity contribution >= 4 is 52.9 Å². The van der Waals surface area contributed by atoms with Crippen LogP contribution in [0.3, 0.4) is 0 Å². The zero-order chi connectivity index (χ0) is 32.6. The third kappa shape index (κ3) is 14.2. The molecule has 0 aliphatic heterocycles. The van der Waals surface area contributed by atoms with E-state index in [1.807, 2.05) is 0 Å². The number of carbonyl (C=O) groups is 5. The molecule has 16 heteroatoms. The van der Waals surface area contributed by atoms with Crippen molar-refractivity contribution in [1.82, 2.24) is 19.7 Å². The third-order valence-electron chi connectivity index (χ3n) is 5.62. The SMILES string of the molecule is O=C(O)CN(CCN(CC(=O)O)Cc1cc(C#Cc2ccc(N=C=S)cc2)cc(CN(CC(=O)O)CC(=O)O)n1)CC(=O)O. The third-order valence-corrected chi connectivity index (χ3v) is 5.71. The van der Waals surface area contributed by atoms with Crippen molar-refractivity contribution in [1.29, 1.82) is 0 Å². The summed E-state index contributed by atoms with van der Waals surface area (Å²) in [5, 5.41) is 48.4. The van der Waals surface area contributed by atoms with Crippen LogP contribution in [0.2, 0.25) is 0 Å². The fourth-order valence-corrected chi connectivity index (χ4v) is 4.10. The number of nitrogens with zero attached hydrogens (tertiary/aromatic N) is 5. The van der Waals surface area contributed by atoms with Gasteiger partial charge in [0.1, 0.15) is 0 Å². The van der Waals surface area contributed by atoms with Crippen molar-refractivity contribution in [2.75, 3.05) is 45.8 Å². The van der Waals surface area contributed by atoms with Gasteiger partial charge in [0.05, 0.1) is 55.0 Å². The van der Waals surface area contributed by atoms with E-state index in [1.165, 1.54) is 4.90 Å². The van der Waals surface area contributed by atoms with Gasteiger partial charge in [0.2, 0.25) is 0 Å². The molecule has 232 valence electrons. The fourth-order valence-electron chi connectivity index (χ4n) is 3.99. The highest BCUT2D eigenvalue weighted by molar-refractivity contribution is 7.78. The second-order valence-corrected chi connectivity index (χ2v) is 9.56. The van der Waals surface area contributed by atoms with Crippen LogP contribution in [0.5, 0.6) is 0 Å². The summed E-state index contributed by atoms with van der Waals surface area (Å²) in [5.41, 5.74) is 2.21. The first-order valence-corrected chi connectivity index (χ1v) is 13.2. The van der Waals surface area contributed by atoms with Crippen molar-refractivity contribution in [2.45, 2.75) is 13.1 Å². The number of pyridine rings is 1. The van der Waals surface area contributed by atoms with Gasteiger partial charge >= 0.3 is 29.8 Å². The molecule has 0 atom stereocenters. The number of hydrogen-bond acceptors (Lipinski definition) is 11. The van der Waals surface area contributed by atoms with E-state index in [9.17, 15) is 39.3 Å². The monoisotopic (exact) mass is 627 g/mol. The number of aromatic nitrogens is 1. The molecule has 0 amide bonds. The summed E-state index contributed by atoms with van der Waals surface area (Å²) < 4.78 is 0. The normalized spacial score (nSPS) is 10.6. The Kier molecular flexibility index (Phi) is 14.2. The molecule has 1 aromatic heterocycles. The van der Waals surface area contributed by atoms with Gasteiger partial charge in [0.15, 0.2) is 0 Å². The lowest BCUT2D eigenvalue weighted by Crippen LogP contribution is -2.41. The second kappa shape index (κ2) is 17.8. The number of carboxylic acids is 5. The minimum absolute atomic E-state index is 0.0273. The topological polar surface area (TPSA) is 221 Å². The van der Waals surface area contributed by atoms with Gasteiger partial charge in [-0.3, -0.25) is 43.7 Å². The average Bonchev–Trinajstić information content (AvgIpc) is 2.89. The quantitative estimate of drug-likeness (QED) is 0.0865. The van der Waals surface area contributed by atoms with E-state index >= 15 is 0 Å². The summed E-state index contributed by atoms with van der Waals surface area (Å²) >= 11 is 4.59. The first kappa shape index (κ1) is 35.2. The molecule has 0 fully saturated rings. The number of isothiocyanates is 1. The molecule has 0 spiro atoms. The van der Waals surface area contributed by atoms with E-state index in [-0.39, 0.29) is 31.9 Å². The van der Waals surface area contributed by atoms with Gasteiger partial charge in [0, 0.05) is 37.3 Å². The van der Waals surface area contributed by atoms with Gasteiger partial charge in [0.25, 0.3) is 0 Å². The van der Waals surface area contributed by atoms with Crippen molar-refractivity contribution in [2.24, 2.45) is 4.99 Å². The molecule has 0 bridgehead atoms. The Labute approximate surface area is 256 Å². The molecule has 0 unspecified atom stereocenters. The summed E-state index contributed by atoms with van der Waals surface area (Å²) in [4.78, 5) is 68.6. The molecular weight excluding hydrogens is 598 g/mol. The molecule has 1 aromatic carbocycles. The van der Waals surface area contributed by atoms with E-state index < -0.39 is 62.6 Å². The molecule has 15 nitrogen and oxygen atoms in total. The Morgan fingerprint density at radius 2 is 1.05 bits per heavy atom. The number of aliphatic imine (C=N–C) groups is 1. The van der Waals surface area contributed by atoms with E-state index in [2.05, 4.69) is 39.2 Å². The minimum Gasteiger partial charge on any atom is -0.480 e. The van der Waals surface area contributed by atoms with E-state index in [0.717, 1.165) is 9.80 Å². The molecule has 0 saturated heterocycles. The van der Waals surface area contributed by atoms with Gasteiger partial charge in [-0.1, -0.05) is 11.8 Å². The lowest BCUT2D eigenvalue weighted by molar-refractivity contribution is -0.144. The van der Waals surface area contributed by atoms with Gasteiger partial charge in [-0.2, -0.15) is 4.99 Å². The molecule has 0 radical (unpaired) electrons. The number of thiocarbonyl (C=S) groups is 1. The molecule has 0 saturated carbocycles. The molecule has 1 heterocycles. The van der Waals surface area contributed by atoms with Crippen LogP contribution in [0.4, 0.5) is 5.69 Å². The molecular formula is C28H29N5O10S.